The first-order valence-corrected chi connectivity index (χ1v) is 7.71. The van der Waals surface area contributed by atoms with Crippen LogP contribution in [0.2, 0.25) is 0 Å². The van der Waals surface area contributed by atoms with Crippen molar-refractivity contribution >= 4 is 53.9 Å². The van der Waals surface area contributed by atoms with Crippen LogP contribution >= 0.6 is 0 Å². The Bertz CT molecular complexity index is 792. The molecule has 3 aliphatic rings. The second-order valence-corrected chi connectivity index (χ2v) is 6.18. The number of aromatic nitrogens is 1. The van der Waals surface area contributed by atoms with Crippen molar-refractivity contribution in [1.29, 1.82) is 0 Å². The van der Waals surface area contributed by atoms with Gasteiger partial charge in [-0.25, -0.2) is 4.79 Å². The van der Waals surface area contributed by atoms with Crippen LogP contribution in [0.3, 0.4) is 0 Å². The molecule has 1 N–H and O–H groups in total. The Kier molecular flexibility index (Phi) is 4.81. The van der Waals surface area contributed by atoms with Gasteiger partial charge in [0.15, 0.2) is 0 Å². The van der Waals surface area contributed by atoms with E-state index in [0.717, 1.165) is 0 Å². The molecule has 124 valence electrons. The van der Waals surface area contributed by atoms with Gasteiger partial charge in [-0.15, -0.1) is 0 Å². The maximum atomic E-state index is 12.3. The number of nitrogens with zero attached hydrogens (tertiary/aromatic N) is 3. The van der Waals surface area contributed by atoms with Gasteiger partial charge in [0.1, 0.15) is 11.7 Å². The van der Waals surface area contributed by atoms with Crippen molar-refractivity contribution < 1.29 is 19.5 Å². The van der Waals surface area contributed by atoms with Crippen LogP contribution in [0.1, 0.15) is 12.1 Å². The zero-order valence-electron chi connectivity index (χ0n) is 12.7. The summed E-state index contributed by atoms with van der Waals surface area (Å²) in [5.41, 5.74) is 1.33. The number of allylic oxidation sites excluding steroid dienone is 2. The van der Waals surface area contributed by atoms with E-state index in [1.54, 1.807) is 24.4 Å². The third-order valence-corrected chi connectivity index (χ3v) is 4.91. The molecule has 3 atom stereocenters. The number of amides is 2. The summed E-state index contributed by atoms with van der Waals surface area (Å²) in [4.78, 5) is 42.2. The molecule has 1 aromatic heterocycles. The molecule has 0 aliphatic carbocycles. The fourth-order valence-electron chi connectivity index (χ4n) is 3.93. The molecule has 2 fully saturated rings. The maximum absolute atomic E-state index is 12.3. The quantitative estimate of drug-likeness (QED) is 0.464. The SMILES string of the molecule is O=CN1C[C@H]2CC(/C=C/c3ccccn3)=C(C(=O)O)N3C(=O)[C@@H]1[C@@H]23.[NaH]. The van der Waals surface area contributed by atoms with E-state index in [0.29, 0.717) is 30.6 Å². The molecule has 1 aromatic rings. The van der Waals surface area contributed by atoms with Gasteiger partial charge in [0, 0.05) is 18.7 Å². The first-order valence-electron chi connectivity index (χ1n) is 7.71. The minimum absolute atomic E-state index is 0. The summed E-state index contributed by atoms with van der Waals surface area (Å²) < 4.78 is 0. The zero-order chi connectivity index (χ0) is 16.8. The minimum atomic E-state index is -1.12. The number of carbonyl (C=O) groups excluding carboxylic acids is 2. The van der Waals surface area contributed by atoms with Gasteiger partial charge in [-0.2, -0.15) is 0 Å². The molecule has 8 heteroatoms. The van der Waals surface area contributed by atoms with Gasteiger partial charge in [-0.05, 0) is 30.2 Å². The van der Waals surface area contributed by atoms with Crippen LogP contribution in [0.4, 0.5) is 0 Å². The first kappa shape index (κ1) is 17.8. The number of carboxylic acids is 1. The first-order chi connectivity index (χ1) is 11.6. The number of hydrogen-bond donors (Lipinski definition) is 1. The predicted octanol–water partition coefficient (Wildman–Crippen LogP) is -0.144. The third-order valence-electron chi connectivity index (χ3n) is 4.91. The Morgan fingerprint density at radius 1 is 1.32 bits per heavy atom. The average molecular weight is 349 g/mol. The normalized spacial score (nSPS) is 27.0. The topological polar surface area (TPSA) is 90.8 Å². The molecule has 7 nitrogen and oxygen atoms in total. The van der Waals surface area contributed by atoms with Crippen LogP contribution < -0.4 is 0 Å². The fraction of sp³-hybridized carbons (Fsp3) is 0.294. The number of likely N-dealkylation sites (tertiary alicyclic amines) is 1. The number of hydrogen-bond acceptors (Lipinski definition) is 4. The van der Waals surface area contributed by atoms with Crippen molar-refractivity contribution in [3.63, 3.8) is 0 Å². The Hall–Kier alpha value is -1.96. The summed E-state index contributed by atoms with van der Waals surface area (Å²) in [5, 5.41) is 9.58. The number of rotatable bonds is 4. The number of carbonyl (C=O) groups is 3. The van der Waals surface area contributed by atoms with Crippen molar-refractivity contribution in [3.05, 3.63) is 47.4 Å². The molecular weight excluding hydrogens is 333 g/mol. The van der Waals surface area contributed by atoms with Crippen molar-refractivity contribution in [2.75, 3.05) is 6.54 Å². The molecule has 0 unspecified atom stereocenters. The second-order valence-electron chi connectivity index (χ2n) is 6.18. The van der Waals surface area contributed by atoms with Crippen molar-refractivity contribution in [1.82, 2.24) is 14.8 Å². The van der Waals surface area contributed by atoms with Crippen LogP contribution in [0.25, 0.3) is 6.08 Å². The van der Waals surface area contributed by atoms with E-state index in [1.165, 1.54) is 9.80 Å². The van der Waals surface area contributed by atoms with Gasteiger partial charge in [0.25, 0.3) is 5.91 Å². The van der Waals surface area contributed by atoms with Crippen molar-refractivity contribution in [2.24, 2.45) is 5.92 Å². The summed E-state index contributed by atoms with van der Waals surface area (Å²) in [6, 6.07) is 4.76. The van der Waals surface area contributed by atoms with E-state index in [-0.39, 0.29) is 53.1 Å². The molecule has 4 rings (SSSR count). The Morgan fingerprint density at radius 3 is 2.76 bits per heavy atom. The number of carboxylic acid groups (broad SMARTS) is 1. The molecule has 0 spiro atoms. The van der Waals surface area contributed by atoms with Crippen LogP contribution in [-0.2, 0) is 14.4 Å². The fourth-order valence-corrected chi connectivity index (χ4v) is 3.93. The second kappa shape index (κ2) is 6.74. The van der Waals surface area contributed by atoms with Crippen LogP contribution in [0.15, 0.2) is 41.7 Å². The Balaban J connectivity index is 0.00000182. The van der Waals surface area contributed by atoms with E-state index in [1.807, 2.05) is 12.1 Å². The Morgan fingerprint density at radius 2 is 2.12 bits per heavy atom. The van der Waals surface area contributed by atoms with E-state index in [9.17, 15) is 19.5 Å². The summed E-state index contributed by atoms with van der Waals surface area (Å²) >= 11 is 0. The van der Waals surface area contributed by atoms with E-state index < -0.39 is 12.0 Å². The zero-order valence-corrected chi connectivity index (χ0v) is 12.7. The van der Waals surface area contributed by atoms with Crippen LogP contribution in [0.5, 0.6) is 0 Å². The monoisotopic (exact) mass is 349 g/mol. The van der Waals surface area contributed by atoms with Crippen LogP contribution in [0, 0.1) is 5.92 Å². The van der Waals surface area contributed by atoms with Gasteiger partial charge in [0.2, 0.25) is 6.41 Å². The summed E-state index contributed by atoms with van der Waals surface area (Å²) in [6.07, 6.45) is 6.33. The molecule has 0 bridgehead atoms. The number of β-lactam (4-membered cyclic amide) rings is 1. The van der Waals surface area contributed by atoms with Crippen molar-refractivity contribution in [3.8, 4) is 0 Å². The molecule has 25 heavy (non-hydrogen) atoms. The standard InChI is InChI=1S/C17H15N3O4.Na.H/c21-9-19-8-11-7-10(4-5-12-3-1-2-6-18-12)14(17(23)24)20-13(11)15(19)16(20)22;;/h1-6,9,11,13,15H,7-8H2,(H,23,24);;/b5-4+;;/t11-,13-,15+;;/m1../s1. The summed E-state index contributed by atoms with van der Waals surface area (Å²) in [5.74, 6) is -1.36. The molecular formula is C17H16N3NaO4. The molecule has 0 aromatic carbocycles. The molecule has 3 aliphatic heterocycles. The molecule has 2 amide bonds. The number of aliphatic carboxylic acids is 1. The van der Waals surface area contributed by atoms with Gasteiger partial charge in [-0.3, -0.25) is 19.5 Å². The van der Waals surface area contributed by atoms with Gasteiger partial charge < -0.3 is 10.0 Å². The van der Waals surface area contributed by atoms with Gasteiger partial charge >= 0.3 is 35.5 Å². The third kappa shape index (κ3) is 2.72. The van der Waals surface area contributed by atoms with Gasteiger partial charge in [0.05, 0.1) is 11.7 Å². The molecule has 2 saturated heterocycles. The van der Waals surface area contributed by atoms with E-state index >= 15 is 0 Å². The molecule has 0 radical (unpaired) electrons. The van der Waals surface area contributed by atoms with E-state index in [4.69, 9.17) is 0 Å². The van der Waals surface area contributed by atoms with Crippen LogP contribution in [-0.4, -0.2) is 86.4 Å². The van der Waals surface area contributed by atoms with Crippen molar-refractivity contribution in [2.45, 2.75) is 18.5 Å². The number of pyridine rings is 1. The predicted molar refractivity (Wildman–Crippen MR) is 90.4 cm³/mol. The Labute approximate surface area is 166 Å². The molecule has 4 heterocycles. The molecule has 0 saturated carbocycles. The van der Waals surface area contributed by atoms with Gasteiger partial charge in [-0.1, -0.05) is 12.1 Å². The summed E-state index contributed by atoms with van der Waals surface area (Å²) in [7, 11) is 0. The summed E-state index contributed by atoms with van der Waals surface area (Å²) in [6.45, 7) is 0.481. The average Bonchev–Trinajstić information content (AvgIpc) is 2.95. The van der Waals surface area contributed by atoms with E-state index in [2.05, 4.69) is 4.98 Å².